The molecule has 0 N–H and O–H groups in total. The van der Waals surface area contributed by atoms with E-state index in [1.807, 2.05) is 0 Å². The lowest BCUT2D eigenvalue weighted by atomic mass is 10.1. The average Bonchev–Trinajstić information content (AvgIpc) is 1.75. The van der Waals surface area contributed by atoms with E-state index in [2.05, 4.69) is 13.8 Å². The predicted molar refractivity (Wildman–Crippen MR) is 40.0 cm³/mol. The molecule has 0 aromatic carbocycles. The van der Waals surface area contributed by atoms with E-state index in [1.54, 1.807) is 0 Å². The second-order valence-corrected chi connectivity index (χ2v) is 3.11. The maximum Gasteiger partial charge on any atom is 0.0518 e. The molecular weight excluding hydrogens is 128 g/mol. The number of rotatable bonds is 4. The standard InChI is InChI=1S/C8H16O2/c1-7(2)10-4-3-8-5-9-6-8/h7-8H,3-6H2,1-2H3. The highest BCUT2D eigenvalue weighted by Gasteiger charge is 2.17. The molecule has 0 saturated carbocycles. The van der Waals surface area contributed by atoms with Crippen LogP contribution in [-0.2, 0) is 9.47 Å². The smallest absolute Gasteiger partial charge is 0.0518 e. The zero-order valence-electron chi connectivity index (χ0n) is 6.80. The fraction of sp³-hybridized carbons (Fsp3) is 1.00. The maximum atomic E-state index is 5.39. The minimum absolute atomic E-state index is 0.376. The molecule has 0 spiro atoms. The molecule has 0 amide bonds. The van der Waals surface area contributed by atoms with Crippen LogP contribution in [0.5, 0.6) is 0 Å². The van der Waals surface area contributed by atoms with Crippen LogP contribution in [0.4, 0.5) is 0 Å². The first kappa shape index (κ1) is 8.02. The lowest BCUT2D eigenvalue weighted by Crippen LogP contribution is -2.28. The highest BCUT2D eigenvalue weighted by molar-refractivity contribution is 4.64. The molecule has 0 bridgehead atoms. The molecule has 0 atom stereocenters. The number of hydrogen-bond acceptors (Lipinski definition) is 2. The molecule has 0 unspecified atom stereocenters. The fourth-order valence-corrected chi connectivity index (χ4v) is 0.922. The van der Waals surface area contributed by atoms with Gasteiger partial charge in [0.2, 0.25) is 0 Å². The first-order valence-electron chi connectivity index (χ1n) is 3.98. The molecule has 1 aliphatic heterocycles. The molecule has 60 valence electrons. The predicted octanol–water partition coefficient (Wildman–Crippen LogP) is 1.45. The molecule has 1 heterocycles. The highest BCUT2D eigenvalue weighted by Crippen LogP contribution is 2.13. The Labute approximate surface area is 62.5 Å². The van der Waals surface area contributed by atoms with Crippen molar-refractivity contribution in [3.63, 3.8) is 0 Å². The Morgan fingerprint density at radius 3 is 2.60 bits per heavy atom. The minimum atomic E-state index is 0.376. The summed E-state index contributed by atoms with van der Waals surface area (Å²) >= 11 is 0. The Morgan fingerprint density at radius 2 is 2.20 bits per heavy atom. The van der Waals surface area contributed by atoms with E-state index in [4.69, 9.17) is 9.47 Å². The van der Waals surface area contributed by atoms with E-state index in [1.165, 1.54) is 0 Å². The SMILES string of the molecule is CC(C)OCCC1COC1. The number of ether oxygens (including phenoxy) is 2. The van der Waals surface area contributed by atoms with Gasteiger partial charge in [-0.25, -0.2) is 0 Å². The van der Waals surface area contributed by atoms with Crippen LogP contribution in [0.1, 0.15) is 20.3 Å². The third-order valence-electron chi connectivity index (χ3n) is 1.68. The monoisotopic (exact) mass is 144 g/mol. The molecule has 0 aliphatic carbocycles. The summed E-state index contributed by atoms with van der Waals surface area (Å²) in [7, 11) is 0. The summed E-state index contributed by atoms with van der Waals surface area (Å²) in [4.78, 5) is 0. The summed E-state index contributed by atoms with van der Waals surface area (Å²) in [6.45, 7) is 6.92. The van der Waals surface area contributed by atoms with Crippen LogP contribution in [0, 0.1) is 5.92 Å². The van der Waals surface area contributed by atoms with Gasteiger partial charge in [0.05, 0.1) is 19.3 Å². The third kappa shape index (κ3) is 2.67. The van der Waals surface area contributed by atoms with Crippen molar-refractivity contribution in [2.24, 2.45) is 5.92 Å². The van der Waals surface area contributed by atoms with Gasteiger partial charge in [-0.15, -0.1) is 0 Å². The molecule has 2 nitrogen and oxygen atoms in total. The van der Waals surface area contributed by atoms with Crippen molar-refractivity contribution in [2.75, 3.05) is 19.8 Å². The Morgan fingerprint density at radius 1 is 1.50 bits per heavy atom. The summed E-state index contributed by atoms with van der Waals surface area (Å²) in [5, 5.41) is 0. The molecule has 10 heavy (non-hydrogen) atoms. The van der Waals surface area contributed by atoms with Crippen molar-refractivity contribution < 1.29 is 9.47 Å². The van der Waals surface area contributed by atoms with Crippen LogP contribution in [0.2, 0.25) is 0 Å². The first-order chi connectivity index (χ1) is 4.79. The molecule has 1 aliphatic rings. The van der Waals surface area contributed by atoms with Gasteiger partial charge in [-0.05, 0) is 20.3 Å². The van der Waals surface area contributed by atoms with E-state index in [9.17, 15) is 0 Å². The molecule has 0 radical (unpaired) electrons. The van der Waals surface area contributed by atoms with Gasteiger partial charge in [0.15, 0.2) is 0 Å². The summed E-state index contributed by atoms with van der Waals surface area (Å²) in [6, 6.07) is 0. The maximum absolute atomic E-state index is 5.39. The lowest BCUT2D eigenvalue weighted by molar-refractivity contribution is -0.0511. The van der Waals surface area contributed by atoms with Crippen LogP contribution >= 0.6 is 0 Å². The lowest BCUT2D eigenvalue weighted by Gasteiger charge is -2.25. The van der Waals surface area contributed by atoms with Crippen molar-refractivity contribution >= 4 is 0 Å². The topological polar surface area (TPSA) is 18.5 Å². The van der Waals surface area contributed by atoms with Crippen molar-refractivity contribution in [1.29, 1.82) is 0 Å². The van der Waals surface area contributed by atoms with Crippen LogP contribution in [0.3, 0.4) is 0 Å². The van der Waals surface area contributed by atoms with Gasteiger partial charge in [-0.3, -0.25) is 0 Å². The normalized spacial score (nSPS) is 19.5. The minimum Gasteiger partial charge on any atom is -0.381 e. The molecule has 2 heteroatoms. The van der Waals surface area contributed by atoms with Gasteiger partial charge in [0.1, 0.15) is 0 Å². The Bertz CT molecular complexity index is 87.3. The molecular formula is C8H16O2. The summed E-state index contributed by atoms with van der Waals surface area (Å²) < 4.78 is 10.4. The van der Waals surface area contributed by atoms with Crippen LogP contribution in [-0.4, -0.2) is 25.9 Å². The zero-order chi connectivity index (χ0) is 7.40. The van der Waals surface area contributed by atoms with Gasteiger partial charge >= 0.3 is 0 Å². The van der Waals surface area contributed by atoms with E-state index in [0.717, 1.165) is 32.2 Å². The molecule has 0 aromatic heterocycles. The van der Waals surface area contributed by atoms with Gasteiger partial charge in [-0.2, -0.15) is 0 Å². The van der Waals surface area contributed by atoms with Gasteiger partial charge in [0.25, 0.3) is 0 Å². The summed E-state index contributed by atoms with van der Waals surface area (Å²) in [5.74, 6) is 0.777. The van der Waals surface area contributed by atoms with E-state index in [-0.39, 0.29) is 0 Å². The van der Waals surface area contributed by atoms with E-state index >= 15 is 0 Å². The van der Waals surface area contributed by atoms with Crippen molar-refractivity contribution in [1.82, 2.24) is 0 Å². The number of hydrogen-bond donors (Lipinski definition) is 0. The van der Waals surface area contributed by atoms with Crippen LogP contribution < -0.4 is 0 Å². The van der Waals surface area contributed by atoms with Crippen molar-refractivity contribution in [3.8, 4) is 0 Å². The van der Waals surface area contributed by atoms with Crippen LogP contribution in [0.25, 0.3) is 0 Å². The Hall–Kier alpha value is -0.0800. The fourth-order valence-electron chi connectivity index (χ4n) is 0.922. The summed E-state index contributed by atoms with van der Waals surface area (Å²) in [5.41, 5.74) is 0. The molecule has 1 rings (SSSR count). The molecule has 1 saturated heterocycles. The second-order valence-electron chi connectivity index (χ2n) is 3.11. The van der Waals surface area contributed by atoms with Gasteiger partial charge in [0, 0.05) is 12.5 Å². The Balaban J connectivity index is 1.85. The Kier molecular flexibility index (Phi) is 3.16. The molecule has 0 aromatic rings. The van der Waals surface area contributed by atoms with E-state index < -0.39 is 0 Å². The first-order valence-corrected chi connectivity index (χ1v) is 3.98. The van der Waals surface area contributed by atoms with Gasteiger partial charge in [-0.1, -0.05) is 0 Å². The van der Waals surface area contributed by atoms with Gasteiger partial charge < -0.3 is 9.47 Å². The second kappa shape index (κ2) is 3.94. The summed E-state index contributed by atoms with van der Waals surface area (Å²) in [6.07, 6.45) is 1.54. The van der Waals surface area contributed by atoms with E-state index in [0.29, 0.717) is 6.10 Å². The zero-order valence-corrected chi connectivity index (χ0v) is 6.80. The van der Waals surface area contributed by atoms with Crippen molar-refractivity contribution in [2.45, 2.75) is 26.4 Å². The largest absolute Gasteiger partial charge is 0.381 e. The average molecular weight is 144 g/mol. The highest BCUT2D eigenvalue weighted by atomic mass is 16.5. The molecule has 1 fully saturated rings. The van der Waals surface area contributed by atoms with Crippen molar-refractivity contribution in [3.05, 3.63) is 0 Å². The van der Waals surface area contributed by atoms with Crippen LogP contribution in [0.15, 0.2) is 0 Å². The quantitative estimate of drug-likeness (QED) is 0.594. The third-order valence-corrected chi connectivity index (χ3v) is 1.68.